The molecule has 0 saturated carbocycles. The molecule has 1 saturated heterocycles. The van der Waals surface area contributed by atoms with E-state index in [1.807, 2.05) is 18.2 Å². The fourth-order valence-corrected chi connectivity index (χ4v) is 3.10. The first kappa shape index (κ1) is 13.5. The molecule has 1 aliphatic rings. The number of nitrogens with zero attached hydrogens (tertiary/aromatic N) is 1. The summed E-state index contributed by atoms with van der Waals surface area (Å²) in [7, 11) is 0. The van der Waals surface area contributed by atoms with Crippen LogP contribution in [-0.4, -0.2) is 23.9 Å². The molecule has 1 aliphatic heterocycles. The van der Waals surface area contributed by atoms with Crippen molar-refractivity contribution in [3.05, 3.63) is 33.8 Å². The number of piperidine rings is 1. The summed E-state index contributed by atoms with van der Waals surface area (Å²) < 4.78 is 0. The van der Waals surface area contributed by atoms with Crippen molar-refractivity contribution in [1.82, 2.24) is 4.90 Å². The lowest BCUT2D eigenvalue weighted by atomic mass is 9.99. The summed E-state index contributed by atoms with van der Waals surface area (Å²) >= 11 is 18.3. The molecule has 1 fully saturated rings. The van der Waals surface area contributed by atoms with Crippen molar-refractivity contribution in [2.24, 2.45) is 5.92 Å². The second kappa shape index (κ2) is 6.29. The van der Waals surface area contributed by atoms with E-state index in [-0.39, 0.29) is 0 Å². The van der Waals surface area contributed by atoms with E-state index < -0.39 is 0 Å². The van der Waals surface area contributed by atoms with Gasteiger partial charge in [-0.05, 0) is 37.4 Å². The van der Waals surface area contributed by atoms with Crippen LogP contribution in [0.3, 0.4) is 0 Å². The molecule has 0 spiro atoms. The lowest BCUT2D eigenvalue weighted by molar-refractivity contribution is 0.178. The summed E-state index contributed by atoms with van der Waals surface area (Å²) in [6.45, 7) is 2.98. The van der Waals surface area contributed by atoms with Gasteiger partial charge in [-0.15, -0.1) is 11.6 Å². The summed E-state index contributed by atoms with van der Waals surface area (Å²) in [6.07, 6.45) is 2.44. The quantitative estimate of drug-likeness (QED) is 0.744. The van der Waals surface area contributed by atoms with E-state index in [2.05, 4.69) is 4.90 Å². The first-order chi connectivity index (χ1) is 8.20. The van der Waals surface area contributed by atoms with Gasteiger partial charge < -0.3 is 0 Å². The van der Waals surface area contributed by atoms with Gasteiger partial charge in [0.1, 0.15) is 0 Å². The van der Waals surface area contributed by atoms with Crippen molar-refractivity contribution in [2.75, 3.05) is 19.0 Å². The van der Waals surface area contributed by atoms with Gasteiger partial charge in [0.25, 0.3) is 0 Å². The molecule has 0 N–H and O–H groups in total. The number of hydrogen-bond donors (Lipinski definition) is 0. The molecule has 4 heteroatoms. The Morgan fingerprint density at radius 2 is 1.94 bits per heavy atom. The minimum atomic E-state index is 0.603. The predicted molar refractivity (Wildman–Crippen MR) is 75.2 cm³/mol. The second-order valence-corrected chi connectivity index (χ2v) is 5.72. The molecule has 1 unspecified atom stereocenters. The lowest BCUT2D eigenvalue weighted by Crippen LogP contribution is -2.35. The Morgan fingerprint density at radius 3 is 2.59 bits per heavy atom. The Bertz CT molecular complexity index is 361. The fourth-order valence-electron chi connectivity index (χ4n) is 2.33. The molecular weight excluding hydrogens is 277 g/mol. The summed E-state index contributed by atoms with van der Waals surface area (Å²) in [5, 5.41) is 1.51. The third-order valence-electron chi connectivity index (χ3n) is 3.26. The van der Waals surface area contributed by atoms with Crippen LogP contribution < -0.4 is 0 Å². The van der Waals surface area contributed by atoms with Gasteiger partial charge in [0.15, 0.2) is 0 Å². The van der Waals surface area contributed by atoms with Gasteiger partial charge in [0.2, 0.25) is 0 Å². The van der Waals surface area contributed by atoms with Crippen LogP contribution in [0.2, 0.25) is 10.0 Å². The summed E-state index contributed by atoms with van der Waals surface area (Å²) in [4.78, 5) is 2.39. The van der Waals surface area contributed by atoms with E-state index in [1.54, 1.807) is 0 Å². The molecule has 0 radical (unpaired) electrons. The SMILES string of the molecule is ClCC1CCCN(Cc2c(Cl)cccc2Cl)C1. The zero-order valence-electron chi connectivity index (χ0n) is 9.63. The molecule has 17 heavy (non-hydrogen) atoms. The van der Waals surface area contributed by atoms with Gasteiger partial charge in [0, 0.05) is 34.6 Å². The van der Waals surface area contributed by atoms with Crippen molar-refractivity contribution in [3.63, 3.8) is 0 Å². The van der Waals surface area contributed by atoms with Crippen LogP contribution in [0.4, 0.5) is 0 Å². The first-order valence-corrected chi connectivity index (χ1v) is 7.21. The fraction of sp³-hybridized carbons (Fsp3) is 0.538. The highest BCUT2D eigenvalue weighted by molar-refractivity contribution is 6.35. The van der Waals surface area contributed by atoms with Crippen molar-refractivity contribution in [1.29, 1.82) is 0 Å². The summed E-state index contributed by atoms with van der Waals surface area (Å²) in [5.74, 6) is 1.35. The van der Waals surface area contributed by atoms with Crippen LogP contribution in [-0.2, 0) is 6.54 Å². The van der Waals surface area contributed by atoms with E-state index >= 15 is 0 Å². The predicted octanol–water partition coefficient (Wildman–Crippen LogP) is 4.44. The highest BCUT2D eigenvalue weighted by Crippen LogP contribution is 2.27. The van der Waals surface area contributed by atoms with Crippen molar-refractivity contribution in [2.45, 2.75) is 19.4 Å². The Kier molecular flexibility index (Phi) is 4.98. The minimum Gasteiger partial charge on any atom is -0.299 e. The highest BCUT2D eigenvalue weighted by atomic mass is 35.5. The molecule has 0 amide bonds. The number of hydrogen-bond acceptors (Lipinski definition) is 1. The molecule has 1 aromatic rings. The van der Waals surface area contributed by atoms with Crippen molar-refractivity contribution >= 4 is 34.8 Å². The maximum absolute atomic E-state index is 6.18. The molecule has 1 heterocycles. The van der Waals surface area contributed by atoms with Gasteiger partial charge in [-0.25, -0.2) is 0 Å². The zero-order chi connectivity index (χ0) is 12.3. The molecule has 0 aromatic heterocycles. The van der Waals surface area contributed by atoms with Crippen molar-refractivity contribution in [3.8, 4) is 0 Å². The number of rotatable bonds is 3. The number of halogens is 3. The minimum absolute atomic E-state index is 0.603. The molecule has 0 bridgehead atoms. The van der Waals surface area contributed by atoms with Crippen LogP contribution in [0.25, 0.3) is 0 Å². The number of benzene rings is 1. The van der Waals surface area contributed by atoms with Gasteiger partial charge in [0.05, 0.1) is 0 Å². The zero-order valence-corrected chi connectivity index (χ0v) is 11.9. The summed E-state index contributed by atoms with van der Waals surface area (Å²) in [6, 6.07) is 5.67. The van der Waals surface area contributed by atoms with Gasteiger partial charge >= 0.3 is 0 Å². The van der Waals surface area contributed by atoms with Crippen LogP contribution >= 0.6 is 34.8 Å². The maximum Gasteiger partial charge on any atom is 0.0465 e. The van der Waals surface area contributed by atoms with Crippen LogP contribution in [0.15, 0.2) is 18.2 Å². The van der Waals surface area contributed by atoms with E-state index in [0.29, 0.717) is 5.92 Å². The standard InChI is InChI=1S/C13H16Cl3N/c14-7-10-3-2-6-17(8-10)9-11-12(15)4-1-5-13(11)16/h1,4-5,10H,2-3,6-9H2. The number of likely N-dealkylation sites (tertiary alicyclic amines) is 1. The Hall–Kier alpha value is 0.0500. The van der Waals surface area contributed by atoms with Crippen LogP contribution in [0.5, 0.6) is 0 Å². The van der Waals surface area contributed by atoms with Crippen LogP contribution in [0.1, 0.15) is 18.4 Å². The molecular formula is C13H16Cl3N. The third-order valence-corrected chi connectivity index (χ3v) is 4.41. The lowest BCUT2D eigenvalue weighted by Gasteiger charge is -2.32. The number of alkyl halides is 1. The van der Waals surface area contributed by atoms with Gasteiger partial charge in [-0.2, -0.15) is 0 Å². The largest absolute Gasteiger partial charge is 0.299 e. The van der Waals surface area contributed by atoms with Crippen molar-refractivity contribution < 1.29 is 0 Å². The molecule has 2 rings (SSSR count). The smallest absolute Gasteiger partial charge is 0.0465 e. The van der Waals surface area contributed by atoms with Gasteiger partial charge in [-0.3, -0.25) is 4.90 Å². The Morgan fingerprint density at radius 1 is 1.24 bits per heavy atom. The topological polar surface area (TPSA) is 3.24 Å². The first-order valence-electron chi connectivity index (χ1n) is 5.92. The molecule has 94 valence electrons. The average Bonchev–Trinajstić information content (AvgIpc) is 2.34. The maximum atomic E-state index is 6.18. The van der Waals surface area contributed by atoms with Crippen LogP contribution in [0, 0.1) is 5.92 Å². The molecule has 0 aliphatic carbocycles. The Labute approximate surface area is 118 Å². The van der Waals surface area contributed by atoms with E-state index in [1.165, 1.54) is 12.8 Å². The average molecular weight is 293 g/mol. The highest BCUT2D eigenvalue weighted by Gasteiger charge is 2.20. The Balaban J connectivity index is 2.05. The normalized spacial score (nSPS) is 21.7. The van der Waals surface area contributed by atoms with Gasteiger partial charge in [-0.1, -0.05) is 29.3 Å². The monoisotopic (exact) mass is 291 g/mol. The molecule has 1 aromatic carbocycles. The van der Waals surface area contributed by atoms with E-state index in [4.69, 9.17) is 34.8 Å². The molecule has 1 nitrogen and oxygen atoms in total. The third kappa shape index (κ3) is 3.51. The second-order valence-electron chi connectivity index (χ2n) is 4.60. The van der Waals surface area contributed by atoms with E-state index in [0.717, 1.165) is 41.1 Å². The van der Waals surface area contributed by atoms with E-state index in [9.17, 15) is 0 Å². The molecule has 1 atom stereocenters. The summed E-state index contributed by atoms with van der Waals surface area (Å²) in [5.41, 5.74) is 1.03.